The summed E-state index contributed by atoms with van der Waals surface area (Å²) in [5.41, 5.74) is 0. The van der Waals surface area contributed by atoms with Crippen molar-refractivity contribution >= 4 is 5.97 Å². The van der Waals surface area contributed by atoms with E-state index >= 15 is 0 Å². The summed E-state index contributed by atoms with van der Waals surface area (Å²) in [6, 6.07) is 0. The maximum Gasteiger partial charge on any atom is 0.337 e. The zero-order chi connectivity index (χ0) is 14.3. The maximum absolute atomic E-state index is 11.1. The maximum atomic E-state index is 11.1. The Balaban J connectivity index is 4.27. The number of rotatable bonds is 8. The number of aliphatic hydroxyl groups is 7. The van der Waals surface area contributed by atoms with Gasteiger partial charge in [0.15, 0.2) is 6.10 Å². The minimum absolute atomic E-state index is 0.599. The van der Waals surface area contributed by atoms with Gasteiger partial charge in [-0.2, -0.15) is 0 Å². The molecule has 0 aromatic carbocycles. The van der Waals surface area contributed by atoms with Crippen molar-refractivity contribution in [2.24, 2.45) is 0 Å². The summed E-state index contributed by atoms with van der Waals surface area (Å²) >= 11 is 0. The van der Waals surface area contributed by atoms with E-state index in [9.17, 15) is 20.1 Å². The second kappa shape index (κ2) is 8.32. The van der Waals surface area contributed by atoms with Crippen LogP contribution in [0.1, 0.15) is 0 Å². The van der Waals surface area contributed by atoms with Crippen molar-refractivity contribution in [3.63, 3.8) is 0 Å². The van der Waals surface area contributed by atoms with Crippen molar-refractivity contribution in [1.29, 1.82) is 0 Å². The van der Waals surface area contributed by atoms with Crippen LogP contribution in [0.5, 0.6) is 0 Å². The third-order valence-corrected chi connectivity index (χ3v) is 2.12. The van der Waals surface area contributed by atoms with Gasteiger partial charge in [0.2, 0.25) is 0 Å². The van der Waals surface area contributed by atoms with Crippen LogP contribution in [0, 0.1) is 0 Å². The molecule has 5 atom stereocenters. The minimum atomic E-state index is -2.16. The zero-order valence-corrected chi connectivity index (χ0v) is 9.46. The Labute approximate surface area is 102 Å². The predicted octanol–water partition coefficient (Wildman–Crippen LogP) is -4.68. The molecule has 0 saturated carbocycles. The molecule has 0 bridgehead atoms. The van der Waals surface area contributed by atoms with Crippen LogP contribution in [0.25, 0.3) is 0 Å². The molecule has 0 radical (unpaired) electrons. The van der Waals surface area contributed by atoms with E-state index in [1.54, 1.807) is 0 Å². The summed E-state index contributed by atoms with van der Waals surface area (Å²) in [4.78, 5) is 11.1. The van der Waals surface area contributed by atoms with Crippen molar-refractivity contribution in [2.45, 2.75) is 30.5 Å². The SMILES string of the molecule is O=C(OCC(O)CO)[C@H](O)[C@@H](O)[C@H](O)[C@H](O)CO. The summed E-state index contributed by atoms with van der Waals surface area (Å²) in [6.07, 6.45) is -9.23. The van der Waals surface area contributed by atoms with E-state index in [1.165, 1.54) is 0 Å². The highest BCUT2D eigenvalue weighted by atomic mass is 16.6. The van der Waals surface area contributed by atoms with Crippen molar-refractivity contribution < 1.29 is 45.3 Å². The molecule has 18 heavy (non-hydrogen) atoms. The van der Waals surface area contributed by atoms with Crippen molar-refractivity contribution in [2.75, 3.05) is 19.8 Å². The van der Waals surface area contributed by atoms with Crippen molar-refractivity contribution in [1.82, 2.24) is 0 Å². The highest BCUT2D eigenvalue weighted by Crippen LogP contribution is 2.06. The van der Waals surface area contributed by atoms with E-state index in [2.05, 4.69) is 4.74 Å². The first-order chi connectivity index (χ1) is 8.34. The molecule has 0 saturated heterocycles. The lowest BCUT2D eigenvalue weighted by atomic mass is 10.0. The smallest absolute Gasteiger partial charge is 0.337 e. The number of carbonyl (C=O) groups excluding carboxylic acids is 1. The summed E-state index contributed by atoms with van der Waals surface area (Å²) < 4.78 is 4.33. The molecule has 9 nitrogen and oxygen atoms in total. The molecule has 0 aliphatic heterocycles. The monoisotopic (exact) mass is 270 g/mol. The fraction of sp³-hybridized carbons (Fsp3) is 0.889. The van der Waals surface area contributed by atoms with E-state index < -0.39 is 56.3 Å². The van der Waals surface area contributed by atoms with Crippen LogP contribution < -0.4 is 0 Å². The Morgan fingerprint density at radius 2 is 1.50 bits per heavy atom. The predicted molar refractivity (Wildman–Crippen MR) is 55.2 cm³/mol. The Morgan fingerprint density at radius 1 is 0.944 bits per heavy atom. The molecule has 0 aromatic heterocycles. The molecule has 0 aliphatic rings. The summed E-state index contributed by atoms with van der Waals surface area (Å²) in [6.45, 7) is -2.13. The van der Waals surface area contributed by atoms with Crippen LogP contribution in [-0.4, -0.2) is 92.1 Å². The molecule has 0 heterocycles. The van der Waals surface area contributed by atoms with Gasteiger partial charge in [-0.05, 0) is 0 Å². The summed E-state index contributed by atoms with van der Waals surface area (Å²) in [5, 5.41) is 62.6. The molecule has 1 unspecified atom stereocenters. The van der Waals surface area contributed by atoms with Gasteiger partial charge in [0.25, 0.3) is 0 Å². The first-order valence-corrected chi connectivity index (χ1v) is 5.13. The van der Waals surface area contributed by atoms with Gasteiger partial charge in [-0.15, -0.1) is 0 Å². The van der Waals surface area contributed by atoms with Gasteiger partial charge in [0, 0.05) is 0 Å². The van der Waals surface area contributed by atoms with Gasteiger partial charge < -0.3 is 40.5 Å². The van der Waals surface area contributed by atoms with Gasteiger partial charge in [-0.3, -0.25) is 0 Å². The van der Waals surface area contributed by atoms with Crippen LogP contribution in [0.4, 0.5) is 0 Å². The average molecular weight is 270 g/mol. The molecule has 0 amide bonds. The number of ether oxygens (including phenoxy) is 1. The number of carbonyl (C=O) groups is 1. The van der Waals surface area contributed by atoms with Crippen LogP contribution in [-0.2, 0) is 9.53 Å². The number of hydrogen-bond acceptors (Lipinski definition) is 9. The molecule has 7 N–H and O–H groups in total. The zero-order valence-electron chi connectivity index (χ0n) is 9.46. The lowest BCUT2D eigenvalue weighted by molar-refractivity contribution is -0.173. The molecule has 0 rings (SSSR count). The van der Waals surface area contributed by atoms with Crippen molar-refractivity contribution in [3.8, 4) is 0 Å². The van der Waals surface area contributed by atoms with Crippen LogP contribution >= 0.6 is 0 Å². The van der Waals surface area contributed by atoms with E-state index in [0.29, 0.717) is 0 Å². The van der Waals surface area contributed by atoms with E-state index in [4.69, 9.17) is 20.4 Å². The summed E-state index contributed by atoms with van der Waals surface area (Å²) in [5.74, 6) is -1.35. The Morgan fingerprint density at radius 3 is 1.94 bits per heavy atom. The molecule has 0 spiro atoms. The largest absolute Gasteiger partial charge is 0.461 e. The lowest BCUT2D eigenvalue weighted by Crippen LogP contribution is -2.49. The molecule has 0 aliphatic carbocycles. The number of esters is 1. The standard InChI is InChI=1S/C9H18O9/c10-1-4(12)3-18-9(17)8(16)7(15)6(14)5(13)2-11/h4-8,10-16H,1-3H2/t4?,5-,6-,7+,8-/m1/s1. The highest BCUT2D eigenvalue weighted by Gasteiger charge is 2.35. The van der Waals surface area contributed by atoms with Gasteiger partial charge in [0.05, 0.1) is 13.2 Å². The highest BCUT2D eigenvalue weighted by molar-refractivity contribution is 5.75. The normalized spacial score (nSPS) is 19.7. The number of aliphatic hydroxyl groups excluding tert-OH is 7. The quantitative estimate of drug-likeness (QED) is 0.214. The van der Waals surface area contributed by atoms with E-state index in [1.807, 2.05) is 0 Å². The molecular formula is C9H18O9. The van der Waals surface area contributed by atoms with Gasteiger partial charge in [-0.25, -0.2) is 4.79 Å². The fourth-order valence-corrected chi connectivity index (χ4v) is 0.978. The second-order valence-corrected chi connectivity index (χ2v) is 3.64. The Bertz CT molecular complexity index is 246. The molecular weight excluding hydrogens is 252 g/mol. The second-order valence-electron chi connectivity index (χ2n) is 3.64. The average Bonchev–Trinajstić information content (AvgIpc) is 2.40. The van der Waals surface area contributed by atoms with Gasteiger partial charge in [0.1, 0.15) is 31.0 Å². The first kappa shape index (κ1) is 17.2. The Kier molecular flexibility index (Phi) is 7.95. The molecule has 0 fully saturated rings. The Hall–Kier alpha value is -0.810. The summed E-state index contributed by atoms with van der Waals surface area (Å²) in [7, 11) is 0. The minimum Gasteiger partial charge on any atom is -0.461 e. The van der Waals surface area contributed by atoms with E-state index in [0.717, 1.165) is 0 Å². The van der Waals surface area contributed by atoms with Gasteiger partial charge in [-0.1, -0.05) is 0 Å². The van der Waals surface area contributed by atoms with Crippen molar-refractivity contribution in [3.05, 3.63) is 0 Å². The van der Waals surface area contributed by atoms with Crippen LogP contribution in [0.2, 0.25) is 0 Å². The first-order valence-electron chi connectivity index (χ1n) is 5.13. The molecule has 108 valence electrons. The molecule has 0 aromatic rings. The van der Waals surface area contributed by atoms with E-state index in [-0.39, 0.29) is 0 Å². The number of hydrogen-bond donors (Lipinski definition) is 7. The third kappa shape index (κ3) is 5.23. The van der Waals surface area contributed by atoms with Crippen LogP contribution in [0.3, 0.4) is 0 Å². The molecule has 9 heteroatoms. The van der Waals surface area contributed by atoms with Gasteiger partial charge >= 0.3 is 5.97 Å². The fourth-order valence-electron chi connectivity index (χ4n) is 0.978. The lowest BCUT2D eigenvalue weighted by Gasteiger charge is -2.24. The third-order valence-electron chi connectivity index (χ3n) is 2.12. The van der Waals surface area contributed by atoms with Crippen LogP contribution in [0.15, 0.2) is 0 Å². The topological polar surface area (TPSA) is 168 Å².